The number of halogens is 2. The first kappa shape index (κ1) is 16.7. The third-order valence-electron chi connectivity index (χ3n) is 3.68. The number of benzene rings is 1. The van der Waals surface area contributed by atoms with Crippen LogP contribution in [0.25, 0.3) is 0 Å². The van der Waals surface area contributed by atoms with Crippen LogP contribution in [0.3, 0.4) is 0 Å². The molecule has 0 aliphatic carbocycles. The van der Waals surface area contributed by atoms with Crippen LogP contribution < -0.4 is 4.72 Å². The van der Waals surface area contributed by atoms with E-state index < -0.39 is 21.1 Å². The lowest BCUT2D eigenvalue weighted by Crippen LogP contribution is -2.44. The van der Waals surface area contributed by atoms with Gasteiger partial charge in [-0.2, -0.15) is 0 Å². The third kappa shape index (κ3) is 3.94. The number of sulfonamides is 1. The van der Waals surface area contributed by atoms with E-state index in [9.17, 15) is 12.8 Å². The Morgan fingerprint density at radius 3 is 2.90 bits per heavy atom. The minimum absolute atomic E-state index is 0.251. The average molecular weight is 336 g/mol. The quantitative estimate of drug-likeness (QED) is 0.898. The maximum Gasteiger partial charge on any atom is 0.214 e. The van der Waals surface area contributed by atoms with Gasteiger partial charge in [0.2, 0.25) is 10.0 Å². The Labute approximate surface area is 129 Å². The molecule has 0 saturated carbocycles. The molecular formula is C14H19ClFNO3S. The summed E-state index contributed by atoms with van der Waals surface area (Å²) in [7, 11) is -3.42. The van der Waals surface area contributed by atoms with Crippen molar-refractivity contribution in [3.8, 4) is 0 Å². The van der Waals surface area contributed by atoms with Gasteiger partial charge in [0.15, 0.2) is 0 Å². The van der Waals surface area contributed by atoms with Gasteiger partial charge in [0.1, 0.15) is 5.82 Å². The molecule has 118 valence electrons. The molecule has 2 unspecified atom stereocenters. The third-order valence-corrected chi connectivity index (χ3v) is 6.14. The molecule has 0 amide bonds. The predicted octanol–water partition coefficient (Wildman–Crippen LogP) is 2.37. The Morgan fingerprint density at radius 1 is 1.48 bits per heavy atom. The van der Waals surface area contributed by atoms with E-state index in [2.05, 4.69) is 4.72 Å². The number of hydrogen-bond acceptors (Lipinski definition) is 3. The van der Waals surface area contributed by atoms with Gasteiger partial charge in [0, 0.05) is 29.7 Å². The molecule has 0 radical (unpaired) electrons. The van der Waals surface area contributed by atoms with Gasteiger partial charge in [0.25, 0.3) is 0 Å². The molecule has 1 saturated heterocycles. The number of hydrogen-bond donors (Lipinski definition) is 1. The van der Waals surface area contributed by atoms with E-state index in [4.69, 9.17) is 16.3 Å². The smallest absolute Gasteiger partial charge is 0.214 e. The maximum absolute atomic E-state index is 13.9. The molecule has 0 spiro atoms. The van der Waals surface area contributed by atoms with Crippen molar-refractivity contribution < 1.29 is 17.5 Å². The fraction of sp³-hybridized carbons (Fsp3) is 0.571. The molecule has 1 aliphatic rings. The van der Waals surface area contributed by atoms with Gasteiger partial charge >= 0.3 is 0 Å². The first-order valence-electron chi connectivity index (χ1n) is 6.94. The van der Waals surface area contributed by atoms with E-state index in [0.29, 0.717) is 36.8 Å². The molecule has 1 aromatic carbocycles. The maximum atomic E-state index is 13.9. The lowest BCUT2D eigenvalue weighted by Gasteiger charge is -2.31. The van der Waals surface area contributed by atoms with Gasteiger partial charge in [-0.3, -0.25) is 0 Å². The molecule has 21 heavy (non-hydrogen) atoms. The Morgan fingerprint density at radius 2 is 2.24 bits per heavy atom. The van der Waals surface area contributed by atoms with Crippen molar-refractivity contribution in [3.05, 3.63) is 34.6 Å². The molecular weight excluding hydrogens is 317 g/mol. The van der Waals surface area contributed by atoms with Crippen molar-refractivity contribution in [1.29, 1.82) is 0 Å². The Bertz CT molecular complexity index is 574. The second kappa shape index (κ2) is 7.05. The van der Waals surface area contributed by atoms with Crippen LogP contribution in [0, 0.1) is 11.7 Å². The predicted molar refractivity (Wildman–Crippen MR) is 80.4 cm³/mol. The van der Waals surface area contributed by atoms with Crippen molar-refractivity contribution in [3.63, 3.8) is 0 Å². The highest BCUT2D eigenvalue weighted by atomic mass is 35.5. The normalized spacial score (nSPS) is 23.2. The Hall–Kier alpha value is -0.690. The fourth-order valence-corrected chi connectivity index (χ4v) is 4.62. The summed E-state index contributed by atoms with van der Waals surface area (Å²) in [6, 6.07) is 4.47. The van der Waals surface area contributed by atoms with Crippen molar-refractivity contribution in [1.82, 2.24) is 4.72 Å². The summed E-state index contributed by atoms with van der Waals surface area (Å²) < 4.78 is 46.3. The molecule has 1 fully saturated rings. The van der Waals surface area contributed by atoms with Crippen LogP contribution in [0.2, 0.25) is 5.02 Å². The van der Waals surface area contributed by atoms with Crippen LogP contribution in [0.4, 0.5) is 4.39 Å². The largest absolute Gasteiger partial charge is 0.381 e. The van der Waals surface area contributed by atoms with E-state index in [1.54, 1.807) is 13.0 Å². The van der Waals surface area contributed by atoms with E-state index in [-0.39, 0.29) is 12.3 Å². The highest BCUT2D eigenvalue weighted by molar-refractivity contribution is 7.90. The summed E-state index contributed by atoms with van der Waals surface area (Å²) in [4.78, 5) is 0. The number of nitrogens with one attached hydrogen (secondary N) is 1. The average Bonchev–Trinajstić information content (AvgIpc) is 2.43. The first-order chi connectivity index (χ1) is 9.95. The van der Waals surface area contributed by atoms with Crippen molar-refractivity contribution in [2.45, 2.75) is 25.0 Å². The number of rotatable bonds is 5. The van der Waals surface area contributed by atoms with Crippen molar-refractivity contribution in [2.24, 2.45) is 5.92 Å². The molecule has 2 rings (SSSR count). The fourth-order valence-electron chi connectivity index (χ4n) is 2.67. The zero-order valence-corrected chi connectivity index (χ0v) is 13.4. The van der Waals surface area contributed by atoms with Gasteiger partial charge in [-0.25, -0.2) is 17.5 Å². The highest BCUT2D eigenvalue weighted by Crippen LogP contribution is 2.29. The summed E-state index contributed by atoms with van der Waals surface area (Å²) in [6.07, 6.45) is 0.660. The standard InChI is InChI=1S/C14H19ClFNO3S/c1-2-17-21(18,19)14-6-7-20-9-10(14)8-11-12(15)4-3-5-13(11)16/h3-5,10,14,17H,2,6-9H2,1H3. The van der Waals surface area contributed by atoms with Crippen LogP contribution in [0.1, 0.15) is 18.9 Å². The summed E-state index contributed by atoms with van der Waals surface area (Å²) in [5, 5.41) is -0.262. The minimum atomic E-state index is -3.42. The van der Waals surface area contributed by atoms with Crippen molar-refractivity contribution >= 4 is 21.6 Å². The second-order valence-corrected chi connectivity index (χ2v) is 7.50. The first-order valence-corrected chi connectivity index (χ1v) is 8.87. The minimum Gasteiger partial charge on any atom is -0.381 e. The summed E-state index contributed by atoms with van der Waals surface area (Å²) in [5.74, 6) is -0.718. The van der Waals surface area contributed by atoms with Gasteiger partial charge in [0.05, 0.1) is 11.9 Å². The lowest BCUT2D eigenvalue weighted by molar-refractivity contribution is 0.0567. The van der Waals surface area contributed by atoms with Crippen LogP contribution in [-0.4, -0.2) is 33.4 Å². The molecule has 7 heteroatoms. The summed E-state index contributed by atoms with van der Waals surface area (Å²) in [5.41, 5.74) is 0.353. The molecule has 0 aromatic heterocycles. The molecule has 1 aliphatic heterocycles. The van der Waals surface area contributed by atoms with Crippen LogP contribution in [0.5, 0.6) is 0 Å². The van der Waals surface area contributed by atoms with Gasteiger partial charge in [-0.05, 0) is 25.0 Å². The van der Waals surface area contributed by atoms with E-state index in [1.807, 2.05) is 0 Å². The van der Waals surface area contributed by atoms with E-state index in [1.165, 1.54) is 12.1 Å². The van der Waals surface area contributed by atoms with Gasteiger partial charge in [-0.1, -0.05) is 24.6 Å². The molecule has 1 aromatic rings. The number of ether oxygens (including phenoxy) is 1. The van der Waals surface area contributed by atoms with Gasteiger partial charge in [-0.15, -0.1) is 0 Å². The van der Waals surface area contributed by atoms with Crippen molar-refractivity contribution in [2.75, 3.05) is 19.8 Å². The topological polar surface area (TPSA) is 55.4 Å². The van der Waals surface area contributed by atoms with Crippen LogP contribution in [0.15, 0.2) is 18.2 Å². The monoisotopic (exact) mass is 335 g/mol. The summed E-state index contributed by atoms with van der Waals surface area (Å²) in [6.45, 7) is 2.77. The molecule has 1 N–H and O–H groups in total. The zero-order chi connectivity index (χ0) is 15.5. The molecule has 4 nitrogen and oxygen atoms in total. The van der Waals surface area contributed by atoms with E-state index in [0.717, 1.165) is 0 Å². The van der Waals surface area contributed by atoms with Crippen LogP contribution in [-0.2, 0) is 21.2 Å². The molecule has 0 bridgehead atoms. The van der Waals surface area contributed by atoms with Crippen LogP contribution >= 0.6 is 11.6 Å². The zero-order valence-electron chi connectivity index (χ0n) is 11.8. The Kier molecular flexibility index (Phi) is 5.60. The second-order valence-electron chi connectivity index (χ2n) is 5.11. The SMILES string of the molecule is CCNS(=O)(=O)C1CCOCC1Cc1c(F)cccc1Cl. The van der Waals surface area contributed by atoms with Gasteiger partial charge < -0.3 is 4.74 Å². The lowest BCUT2D eigenvalue weighted by atomic mass is 9.93. The molecule has 1 heterocycles. The Balaban J connectivity index is 2.24. The molecule has 2 atom stereocenters. The highest BCUT2D eigenvalue weighted by Gasteiger charge is 2.36. The summed E-state index contributed by atoms with van der Waals surface area (Å²) >= 11 is 6.03. The van der Waals surface area contributed by atoms with E-state index >= 15 is 0 Å².